The van der Waals surface area contributed by atoms with Crippen molar-refractivity contribution in [3.05, 3.63) is 77.5 Å². The second-order valence-electron chi connectivity index (χ2n) is 6.60. The maximum Gasteiger partial charge on any atom is 0.0987 e. The van der Waals surface area contributed by atoms with Gasteiger partial charge in [0, 0.05) is 11.1 Å². The van der Waals surface area contributed by atoms with Crippen molar-refractivity contribution in [3.63, 3.8) is 0 Å². The summed E-state index contributed by atoms with van der Waals surface area (Å²) in [6.45, 7) is 8.15. The molecule has 26 heavy (non-hydrogen) atoms. The molecule has 136 valence electrons. The van der Waals surface area contributed by atoms with Crippen LogP contribution in [0.25, 0.3) is 10.9 Å². The van der Waals surface area contributed by atoms with Gasteiger partial charge in [0.05, 0.1) is 17.7 Å². The molecule has 0 aliphatic carbocycles. The summed E-state index contributed by atoms with van der Waals surface area (Å²) < 4.78 is 0. The van der Waals surface area contributed by atoms with Gasteiger partial charge >= 0.3 is 0 Å². The van der Waals surface area contributed by atoms with Gasteiger partial charge in [-0.25, -0.2) is 0 Å². The molecule has 2 atom stereocenters. The number of hydrogen-bond donors (Lipinski definition) is 1. The third kappa shape index (κ3) is 3.64. The van der Waals surface area contributed by atoms with Crippen molar-refractivity contribution >= 4 is 10.9 Å². The molecule has 0 amide bonds. The van der Waals surface area contributed by atoms with E-state index in [2.05, 4.69) is 56.0 Å². The minimum Gasteiger partial charge on any atom is -0.386 e. The number of aliphatic hydroxyl groups excluding tert-OH is 1. The van der Waals surface area contributed by atoms with Crippen molar-refractivity contribution in [1.29, 1.82) is 0 Å². The summed E-state index contributed by atoms with van der Waals surface area (Å²) in [5.74, 6) is 0. The first kappa shape index (κ1) is 18.6. The zero-order valence-corrected chi connectivity index (χ0v) is 15.9. The average molecular weight is 348 g/mol. The fourth-order valence-electron chi connectivity index (χ4n) is 3.66. The molecule has 3 nitrogen and oxygen atoms in total. The molecule has 3 aromatic rings. The van der Waals surface area contributed by atoms with Crippen LogP contribution in [0.3, 0.4) is 0 Å². The number of aryl methyl sites for hydroxylation is 1. The summed E-state index contributed by atoms with van der Waals surface area (Å²) in [5.41, 5.74) is 4.11. The van der Waals surface area contributed by atoms with Gasteiger partial charge in [0.15, 0.2) is 0 Å². The minimum absolute atomic E-state index is 0.129. The molecule has 3 heteroatoms. The van der Waals surface area contributed by atoms with Crippen molar-refractivity contribution in [1.82, 2.24) is 9.88 Å². The van der Waals surface area contributed by atoms with Gasteiger partial charge in [0.2, 0.25) is 0 Å². The monoisotopic (exact) mass is 348 g/mol. The highest BCUT2D eigenvalue weighted by molar-refractivity contribution is 5.82. The van der Waals surface area contributed by atoms with Crippen molar-refractivity contribution in [2.75, 3.05) is 13.1 Å². The first-order chi connectivity index (χ1) is 12.7. The van der Waals surface area contributed by atoms with Crippen LogP contribution in [0, 0.1) is 0 Å². The second-order valence-corrected chi connectivity index (χ2v) is 6.60. The summed E-state index contributed by atoms with van der Waals surface area (Å²) in [5, 5.41) is 12.4. The van der Waals surface area contributed by atoms with E-state index in [1.165, 1.54) is 0 Å². The van der Waals surface area contributed by atoms with Gasteiger partial charge in [-0.15, -0.1) is 0 Å². The summed E-state index contributed by atoms with van der Waals surface area (Å²) in [6.07, 6.45) is 0.301. The molecule has 2 unspecified atom stereocenters. The molecule has 1 N–H and O–H groups in total. The third-order valence-corrected chi connectivity index (χ3v) is 5.14. The number of aliphatic hydroxyl groups is 1. The number of rotatable bonds is 7. The third-order valence-electron chi connectivity index (χ3n) is 5.14. The molecule has 0 bridgehead atoms. The molecule has 1 heterocycles. The van der Waals surface area contributed by atoms with Crippen LogP contribution < -0.4 is 0 Å². The van der Waals surface area contributed by atoms with E-state index in [1.807, 2.05) is 30.3 Å². The topological polar surface area (TPSA) is 36.4 Å². The summed E-state index contributed by atoms with van der Waals surface area (Å²) in [7, 11) is 0. The summed E-state index contributed by atoms with van der Waals surface area (Å²) in [6, 6.07) is 20.3. The van der Waals surface area contributed by atoms with Crippen molar-refractivity contribution in [2.24, 2.45) is 0 Å². The van der Waals surface area contributed by atoms with E-state index in [0.29, 0.717) is 0 Å². The van der Waals surface area contributed by atoms with E-state index in [0.717, 1.165) is 47.2 Å². The van der Waals surface area contributed by atoms with Gasteiger partial charge in [0.25, 0.3) is 0 Å². The molecular weight excluding hydrogens is 320 g/mol. The van der Waals surface area contributed by atoms with Gasteiger partial charge in [-0.1, -0.05) is 75.4 Å². The summed E-state index contributed by atoms with van der Waals surface area (Å²) in [4.78, 5) is 7.22. The van der Waals surface area contributed by atoms with Crippen LogP contribution in [-0.2, 0) is 6.42 Å². The van der Waals surface area contributed by atoms with Crippen LogP contribution in [0.5, 0.6) is 0 Å². The number of nitrogens with zero attached hydrogens (tertiary/aromatic N) is 2. The fourth-order valence-corrected chi connectivity index (χ4v) is 3.66. The van der Waals surface area contributed by atoms with Crippen LogP contribution in [0.1, 0.15) is 49.7 Å². The molecule has 0 saturated heterocycles. The summed E-state index contributed by atoms with van der Waals surface area (Å²) >= 11 is 0. The highest BCUT2D eigenvalue weighted by Crippen LogP contribution is 2.37. The maximum absolute atomic E-state index is 11.3. The zero-order valence-electron chi connectivity index (χ0n) is 15.9. The van der Waals surface area contributed by atoms with Crippen LogP contribution >= 0.6 is 0 Å². The number of para-hydroxylation sites is 1. The Morgan fingerprint density at radius 2 is 1.62 bits per heavy atom. The fraction of sp³-hybridized carbons (Fsp3) is 0.348. The van der Waals surface area contributed by atoms with Crippen LogP contribution in [0.4, 0.5) is 0 Å². The molecule has 0 saturated carbocycles. The Kier molecular flexibility index (Phi) is 6.02. The molecule has 0 aliphatic heterocycles. The number of benzene rings is 2. The largest absolute Gasteiger partial charge is 0.386 e. The first-order valence-electron chi connectivity index (χ1n) is 9.55. The lowest BCUT2D eigenvalue weighted by molar-refractivity contribution is 0.0535. The Morgan fingerprint density at radius 3 is 2.27 bits per heavy atom. The molecule has 0 aliphatic rings. The van der Waals surface area contributed by atoms with Crippen LogP contribution in [0.2, 0.25) is 0 Å². The smallest absolute Gasteiger partial charge is 0.0987 e. The average Bonchev–Trinajstić information content (AvgIpc) is 2.71. The Balaban J connectivity index is 2.17. The standard InChI is InChI=1S/C23H28N2O/c1-4-19-16-15-17-13-10-14-20(21(17)24-19)22(25(5-2)6-3)23(26)18-11-8-7-9-12-18/h7-16,22-23,26H,4-6H2,1-3H3. The number of likely N-dealkylation sites (N-methyl/N-ethyl adjacent to an activating group) is 1. The van der Waals surface area contributed by atoms with Gasteiger partial charge < -0.3 is 5.11 Å². The lowest BCUT2D eigenvalue weighted by Crippen LogP contribution is -2.33. The number of pyridine rings is 1. The Labute approximate surface area is 156 Å². The van der Waals surface area contributed by atoms with Gasteiger partial charge in [-0.05, 0) is 36.7 Å². The van der Waals surface area contributed by atoms with E-state index in [-0.39, 0.29) is 6.04 Å². The molecule has 3 rings (SSSR count). The quantitative estimate of drug-likeness (QED) is 0.659. The van der Waals surface area contributed by atoms with Crippen molar-refractivity contribution < 1.29 is 5.11 Å². The predicted octanol–water partition coefficient (Wildman–Crippen LogP) is 4.91. The van der Waals surface area contributed by atoms with Gasteiger partial charge in [-0.2, -0.15) is 0 Å². The number of aromatic nitrogens is 1. The van der Waals surface area contributed by atoms with E-state index in [9.17, 15) is 5.11 Å². The maximum atomic E-state index is 11.3. The van der Waals surface area contributed by atoms with E-state index >= 15 is 0 Å². The second kappa shape index (κ2) is 8.43. The molecule has 2 aromatic carbocycles. The number of fused-ring (bicyclic) bond motifs is 1. The van der Waals surface area contributed by atoms with Gasteiger partial charge in [-0.3, -0.25) is 9.88 Å². The van der Waals surface area contributed by atoms with E-state index < -0.39 is 6.10 Å². The van der Waals surface area contributed by atoms with Crippen molar-refractivity contribution in [3.8, 4) is 0 Å². The molecule has 1 aromatic heterocycles. The van der Waals surface area contributed by atoms with E-state index in [1.54, 1.807) is 0 Å². The first-order valence-corrected chi connectivity index (χ1v) is 9.55. The SMILES string of the molecule is CCc1ccc2cccc(C(C(O)c3ccccc3)N(CC)CC)c2n1. The predicted molar refractivity (Wildman–Crippen MR) is 108 cm³/mol. The molecule has 0 spiro atoms. The van der Waals surface area contributed by atoms with Crippen molar-refractivity contribution in [2.45, 2.75) is 39.3 Å². The Hall–Kier alpha value is -2.23. The van der Waals surface area contributed by atoms with Crippen LogP contribution in [0.15, 0.2) is 60.7 Å². The van der Waals surface area contributed by atoms with Crippen LogP contribution in [-0.4, -0.2) is 28.1 Å². The highest BCUT2D eigenvalue weighted by atomic mass is 16.3. The lowest BCUT2D eigenvalue weighted by Gasteiger charge is -2.34. The number of hydrogen-bond acceptors (Lipinski definition) is 3. The van der Waals surface area contributed by atoms with Gasteiger partial charge in [0.1, 0.15) is 0 Å². The highest BCUT2D eigenvalue weighted by Gasteiger charge is 2.29. The molecule has 0 radical (unpaired) electrons. The minimum atomic E-state index is -0.603. The molecule has 0 fully saturated rings. The Bertz CT molecular complexity index is 843. The lowest BCUT2D eigenvalue weighted by atomic mass is 9.92. The van der Waals surface area contributed by atoms with E-state index in [4.69, 9.17) is 4.98 Å². The molecular formula is C23H28N2O. The zero-order chi connectivity index (χ0) is 18.5. The Morgan fingerprint density at radius 1 is 0.885 bits per heavy atom. The normalized spacial score (nSPS) is 13.9.